The van der Waals surface area contributed by atoms with Crippen molar-refractivity contribution < 1.29 is 22.7 Å². The summed E-state index contributed by atoms with van der Waals surface area (Å²) in [5, 5.41) is 19.8. The van der Waals surface area contributed by atoms with E-state index in [0.29, 0.717) is 31.1 Å². The summed E-state index contributed by atoms with van der Waals surface area (Å²) in [4.78, 5) is 24.3. The van der Waals surface area contributed by atoms with Gasteiger partial charge in [0.25, 0.3) is 10.9 Å². The first kappa shape index (κ1) is 25.7. The van der Waals surface area contributed by atoms with Gasteiger partial charge in [-0.15, -0.1) is 0 Å². The van der Waals surface area contributed by atoms with Crippen molar-refractivity contribution in [3.8, 4) is 5.75 Å². The van der Waals surface area contributed by atoms with E-state index >= 15 is 0 Å². The molecule has 2 fully saturated rings. The fourth-order valence-electron chi connectivity index (χ4n) is 4.75. The molecule has 3 heterocycles. The predicted molar refractivity (Wildman–Crippen MR) is 138 cm³/mol. The molecule has 13 heteroatoms. The van der Waals surface area contributed by atoms with Crippen molar-refractivity contribution >= 4 is 38.7 Å². The van der Waals surface area contributed by atoms with Crippen molar-refractivity contribution in [2.75, 3.05) is 36.9 Å². The van der Waals surface area contributed by atoms with Crippen molar-refractivity contribution in [2.45, 2.75) is 43.4 Å². The maximum absolute atomic E-state index is 13.5. The van der Waals surface area contributed by atoms with Gasteiger partial charge in [0.05, 0.1) is 29.5 Å². The highest BCUT2D eigenvalue weighted by Crippen LogP contribution is 2.41. The molecule has 0 bridgehead atoms. The topological polar surface area (TPSA) is 150 Å². The normalized spacial score (nSPS) is 21.2. The van der Waals surface area contributed by atoms with Gasteiger partial charge < -0.3 is 30.2 Å². The van der Waals surface area contributed by atoms with Gasteiger partial charge in [0, 0.05) is 25.7 Å². The summed E-state index contributed by atoms with van der Waals surface area (Å²) < 4.78 is 39.5. The number of aromatic hydroxyl groups is 1. The highest BCUT2D eigenvalue weighted by molar-refractivity contribution is 7.89. The fourth-order valence-corrected chi connectivity index (χ4v) is 6.82. The van der Waals surface area contributed by atoms with Gasteiger partial charge in [0.2, 0.25) is 10.0 Å². The average Bonchev–Trinajstić information content (AvgIpc) is 3.51. The monoisotopic (exact) mass is 550 g/mol. The molecule has 2 aliphatic rings. The van der Waals surface area contributed by atoms with Crippen LogP contribution in [0.5, 0.6) is 5.75 Å². The van der Waals surface area contributed by atoms with Crippen LogP contribution in [-0.4, -0.2) is 56.2 Å². The van der Waals surface area contributed by atoms with E-state index in [-0.39, 0.29) is 53.4 Å². The minimum atomic E-state index is -4.20. The summed E-state index contributed by atoms with van der Waals surface area (Å²) >= 11 is 6.24. The number of aryl methyl sites for hydroxylation is 1. The standard InChI is InChI=1S/C24H27ClN4O7S/c1-3-14(17-7-4-12(2)36-17)27-19-20(23(32)22(19)31)28-15-6-5-13(25)24(21(15)30)37(33,34)29-10-16-18(11-29)35-9-8-26-16/h4-7,14,16,18,26-28,30H,3,8-11H2,1-2H3. The van der Waals surface area contributed by atoms with Gasteiger partial charge in [0.1, 0.15) is 27.8 Å². The lowest BCUT2D eigenvalue weighted by atomic mass is 10.1. The fraction of sp³-hybridized carbons (Fsp3) is 0.417. The number of ether oxygens (including phenoxy) is 1. The number of phenols is 1. The van der Waals surface area contributed by atoms with Crippen LogP contribution >= 0.6 is 11.6 Å². The number of halogens is 1. The van der Waals surface area contributed by atoms with E-state index in [9.17, 15) is 23.1 Å². The summed E-state index contributed by atoms with van der Waals surface area (Å²) in [7, 11) is -4.20. The van der Waals surface area contributed by atoms with Crippen molar-refractivity contribution in [3.63, 3.8) is 0 Å². The second-order valence-electron chi connectivity index (χ2n) is 9.15. The van der Waals surface area contributed by atoms with E-state index in [2.05, 4.69) is 16.0 Å². The Morgan fingerprint density at radius 1 is 1.19 bits per heavy atom. The molecular weight excluding hydrogens is 524 g/mol. The number of nitrogens with zero attached hydrogens (tertiary/aromatic N) is 1. The van der Waals surface area contributed by atoms with Gasteiger partial charge in [-0.1, -0.05) is 18.5 Å². The molecule has 198 valence electrons. The van der Waals surface area contributed by atoms with Gasteiger partial charge in [0.15, 0.2) is 5.75 Å². The molecule has 11 nitrogen and oxygen atoms in total. The Bertz CT molecular complexity index is 1500. The molecule has 2 aliphatic heterocycles. The first-order valence-electron chi connectivity index (χ1n) is 11.9. The van der Waals surface area contributed by atoms with Crippen LogP contribution in [0.4, 0.5) is 17.1 Å². The molecule has 0 spiro atoms. The van der Waals surface area contributed by atoms with Crippen molar-refractivity contribution in [1.29, 1.82) is 0 Å². The highest BCUT2D eigenvalue weighted by Gasteiger charge is 2.43. The van der Waals surface area contributed by atoms with Crippen LogP contribution in [0.3, 0.4) is 0 Å². The lowest BCUT2D eigenvalue weighted by Gasteiger charge is -2.25. The quantitative estimate of drug-likeness (QED) is 0.243. The summed E-state index contributed by atoms with van der Waals surface area (Å²) in [5.74, 6) is 0.660. The third-order valence-corrected chi connectivity index (χ3v) is 9.09. The predicted octanol–water partition coefficient (Wildman–Crippen LogP) is 2.21. The zero-order valence-electron chi connectivity index (χ0n) is 20.2. The molecule has 4 N–H and O–H groups in total. The largest absolute Gasteiger partial charge is 0.504 e. The average molecular weight is 551 g/mol. The Morgan fingerprint density at radius 3 is 2.62 bits per heavy atom. The minimum Gasteiger partial charge on any atom is -0.504 e. The smallest absolute Gasteiger partial charge is 0.253 e. The van der Waals surface area contributed by atoms with Crippen LogP contribution in [0.25, 0.3) is 0 Å². The van der Waals surface area contributed by atoms with Crippen LogP contribution in [0.1, 0.15) is 30.9 Å². The summed E-state index contributed by atoms with van der Waals surface area (Å²) in [6, 6.07) is 5.71. The summed E-state index contributed by atoms with van der Waals surface area (Å²) in [5.41, 5.74) is -1.66. The van der Waals surface area contributed by atoms with Crippen LogP contribution in [0.15, 0.2) is 43.2 Å². The van der Waals surface area contributed by atoms with Crippen molar-refractivity contribution in [1.82, 2.24) is 9.62 Å². The van der Waals surface area contributed by atoms with E-state index in [1.807, 2.05) is 6.92 Å². The number of hydrogen-bond donors (Lipinski definition) is 4. The minimum absolute atomic E-state index is 0.0245. The Labute approximate surface area is 218 Å². The second-order valence-corrected chi connectivity index (χ2v) is 11.4. The lowest BCUT2D eigenvalue weighted by molar-refractivity contribution is 0.0194. The second kappa shape index (κ2) is 9.76. The van der Waals surface area contributed by atoms with Gasteiger partial charge in [-0.2, -0.15) is 4.31 Å². The van der Waals surface area contributed by atoms with Crippen LogP contribution in [-0.2, 0) is 14.8 Å². The first-order valence-corrected chi connectivity index (χ1v) is 13.7. The highest BCUT2D eigenvalue weighted by atomic mass is 35.5. The van der Waals surface area contributed by atoms with Crippen LogP contribution in [0, 0.1) is 6.92 Å². The molecule has 2 aromatic carbocycles. The van der Waals surface area contributed by atoms with Crippen molar-refractivity contribution in [2.24, 2.45) is 0 Å². The lowest BCUT2D eigenvalue weighted by Crippen LogP contribution is -2.47. The van der Waals surface area contributed by atoms with E-state index in [0.717, 1.165) is 0 Å². The molecule has 3 atom stereocenters. The zero-order chi connectivity index (χ0) is 26.5. The molecule has 1 aromatic heterocycles. The summed E-state index contributed by atoms with van der Waals surface area (Å²) in [6.45, 7) is 5.08. The van der Waals surface area contributed by atoms with Crippen LogP contribution in [0.2, 0.25) is 5.02 Å². The van der Waals surface area contributed by atoms with E-state index < -0.39 is 31.5 Å². The number of anilines is 3. The number of sulfonamides is 1. The van der Waals surface area contributed by atoms with Crippen LogP contribution < -0.4 is 26.8 Å². The molecule has 3 unspecified atom stereocenters. The molecule has 0 saturated carbocycles. The molecule has 2 saturated heterocycles. The first-order chi connectivity index (χ1) is 17.6. The Balaban J connectivity index is 1.43. The third-order valence-electron chi connectivity index (χ3n) is 6.76. The molecule has 37 heavy (non-hydrogen) atoms. The number of rotatable bonds is 8. The molecule has 0 radical (unpaired) electrons. The number of nitrogens with one attached hydrogen (secondary N) is 3. The SMILES string of the molecule is CCC(Nc1c(Nc2ccc(Cl)c(S(=O)(=O)N3CC4NCCOC4C3)c2O)c(=O)c1=O)c1ccc(C)o1. The van der Waals surface area contributed by atoms with Gasteiger partial charge in [-0.3, -0.25) is 9.59 Å². The number of hydrogen-bond acceptors (Lipinski definition) is 10. The van der Waals surface area contributed by atoms with Gasteiger partial charge in [-0.05, 0) is 37.6 Å². The number of phenolic OH excluding ortho intramolecular Hbond substituents is 1. The number of furan rings is 1. The Kier molecular flexibility index (Phi) is 6.79. The van der Waals surface area contributed by atoms with Crippen molar-refractivity contribution in [3.05, 3.63) is 61.3 Å². The maximum atomic E-state index is 13.5. The van der Waals surface area contributed by atoms with E-state index in [1.165, 1.54) is 16.4 Å². The third kappa shape index (κ3) is 4.53. The zero-order valence-corrected chi connectivity index (χ0v) is 21.8. The summed E-state index contributed by atoms with van der Waals surface area (Å²) in [6.07, 6.45) is 0.267. The number of fused-ring (bicyclic) bond motifs is 1. The van der Waals surface area contributed by atoms with E-state index in [1.54, 1.807) is 19.1 Å². The maximum Gasteiger partial charge on any atom is 0.253 e. The molecule has 5 rings (SSSR count). The Morgan fingerprint density at radius 2 is 1.95 bits per heavy atom. The Hall–Kier alpha value is -2.90. The number of benzene rings is 1. The van der Waals surface area contributed by atoms with E-state index in [4.69, 9.17) is 20.8 Å². The molecule has 3 aromatic rings. The molecular formula is C24H27ClN4O7S. The molecule has 0 amide bonds. The van der Waals surface area contributed by atoms with Gasteiger partial charge >= 0.3 is 0 Å². The number of morpholine rings is 1. The van der Waals surface area contributed by atoms with Gasteiger partial charge in [-0.25, -0.2) is 8.42 Å². The molecule has 0 aliphatic carbocycles.